The minimum Gasteiger partial charge on any atom is -0.444 e. The maximum absolute atomic E-state index is 12.7. The van der Waals surface area contributed by atoms with Gasteiger partial charge in [-0.25, -0.2) is 9.18 Å². The van der Waals surface area contributed by atoms with Gasteiger partial charge in [-0.1, -0.05) is 12.1 Å². The molecule has 0 aliphatic heterocycles. The Labute approximate surface area is 112 Å². The van der Waals surface area contributed by atoms with Gasteiger partial charge in [-0.05, 0) is 44.9 Å². The minimum atomic E-state index is -0.694. The van der Waals surface area contributed by atoms with Crippen molar-refractivity contribution in [3.8, 4) is 0 Å². The topological polar surface area (TPSA) is 55.4 Å². The Balaban J connectivity index is 2.57. The lowest BCUT2D eigenvalue weighted by atomic mass is 10.1. The van der Waals surface area contributed by atoms with E-state index in [9.17, 15) is 14.0 Å². The van der Waals surface area contributed by atoms with Crippen LogP contribution in [0, 0.1) is 5.82 Å². The molecule has 5 heteroatoms. The highest BCUT2D eigenvalue weighted by atomic mass is 19.1. The van der Waals surface area contributed by atoms with Crippen molar-refractivity contribution in [2.45, 2.75) is 38.8 Å². The van der Waals surface area contributed by atoms with Crippen LogP contribution in [0.4, 0.5) is 9.18 Å². The van der Waals surface area contributed by atoms with Crippen LogP contribution in [0.15, 0.2) is 24.3 Å². The second kappa shape index (κ2) is 6.31. The monoisotopic (exact) mass is 267 g/mol. The molecule has 0 aliphatic carbocycles. The molecule has 1 N–H and O–H groups in total. The van der Waals surface area contributed by atoms with Crippen LogP contribution in [-0.4, -0.2) is 24.0 Å². The number of alkyl carbamates (subject to hydrolysis) is 1. The molecule has 0 heterocycles. The summed E-state index contributed by atoms with van der Waals surface area (Å²) in [6.07, 6.45) is 0.280. The van der Waals surface area contributed by atoms with Crippen LogP contribution in [0.1, 0.15) is 26.3 Å². The molecule has 1 amide bonds. The molecule has 1 aromatic carbocycles. The minimum absolute atomic E-state index is 0.295. The predicted molar refractivity (Wildman–Crippen MR) is 69.3 cm³/mol. The van der Waals surface area contributed by atoms with E-state index < -0.39 is 17.7 Å². The van der Waals surface area contributed by atoms with Gasteiger partial charge in [0.05, 0.1) is 6.04 Å². The fourth-order valence-electron chi connectivity index (χ4n) is 1.47. The van der Waals surface area contributed by atoms with E-state index in [-0.39, 0.29) is 5.82 Å². The van der Waals surface area contributed by atoms with Crippen LogP contribution in [0.25, 0.3) is 0 Å². The van der Waals surface area contributed by atoms with Gasteiger partial charge in [0.1, 0.15) is 17.7 Å². The van der Waals surface area contributed by atoms with Gasteiger partial charge in [0, 0.05) is 0 Å². The second-order valence-corrected chi connectivity index (χ2v) is 5.22. The standard InChI is InChI=1S/C14H18FNO3/c1-14(2,3)19-13(18)16-12(9-17)8-10-4-6-11(15)7-5-10/h4-7,9,12H,8H2,1-3H3,(H,16,18)/t12-/m1/s1. The van der Waals surface area contributed by atoms with Crippen molar-refractivity contribution in [3.05, 3.63) is 35.6 Å². The fraction of sp³-hybridized carbons (Fsp3) is 0.429. The Hall–Kier alpha value is -1.91. The number of hydrogen-bond acceptors (Lipinski definition) is 3. The van der Waals surface area contributed by atoms with Crippen LogP contribution in [-0.2, 0) is 16.0 Å². The molecule has 0 bridgehead atoms. The molecule has 0 saturated carbocycles. The molecule has 4 nitrogen and oxygen atoms in total. The lowest BCUT2D eigenvalue weighted by Crippen LogP contribution is -2.41. The molecule has 1 aromatic rings. The third-order valence-corrected chi connectivity index (χ3v) is 2.24. The number of halogens is 1. The zero-order valence-corrected chi connectivity index (χ0v) is 11.3. The second-order valence-electron chi connectivity index (χ2n) is 5.22. The molecule has 1 rings (SSSR count). The fourth-order valence-corrected chi connectivity index (χ4v) is 1.47. The van der Waals surface area contributed by atoms with Crippen LogP contribution in [0.5, 0.6) is 0 Å². The molecule has 104 valence electrons. The lowest BCUT2D eigenvalue weighted by Gasteiger charge is -2.21. The Kier molecular flexibility index (Phi) is 5.03. The maximum Gasteiger partial charge on any atom is 0.408 e. The van der Waals surface area contributed by atoms with Crippen LogP contribution in [0.2, 0.25) is 0 Å². The van der Waals surface area contributed by atoms with Crippen molar-refractivity contribution >= 4 is 12.4 Å². The summed E-state index contributed by atoms with van der Waals surface area (Å²) in [7, 11) is 0. The van der Waals surface area contributed by atoms with Gasteiger partial charge in [0.15, 0.2) is 0 Å². The van der Waals surface area contributed by atoms with Gasteiger partial charge < -0.3 is 14.8 Å². The van der Waals surface area contributed by atoms with Gasteiger partial charge in [-0.15, -0.1) is 0 Å². The summed E-state index contributed by atoms with van der Waals surface area (Å²) in [5.74, 6) is -0.341. The first kappa shape index (κ1) is 15.1. The summed E-state index contributed by atoms with van der Waals surface area (Å²) in [5, 5.41) is 2.46. The highest BCUT2D eigenvalue weighted by Gasteiger charge is 2.19. The number of nitrogens with one attached hydrogen (secondary N) is 1. The summed E-state index contributed by atoms with van der Waals surface area (Å²) in [4.78, 5) is 22.5. The van der Waals surface area contributed by atoms with Gasteiger partial charge >= 0.3 is 6.09 Å². The molecule has 0 aliphatic rings. The van der Waals surface area contributed by atoms with E-state index in [2.05, 4.69) is 5.32 Å². The largest absolute Gasteiger partial charge is 0.444 e. The van der Waals surface area contributed by atoms with Crippen molar-refractivity contribution in [2.75, 3.05) is 0 Å². The quantitative estimate of drug-likeness (QED) is 0.852. The zero-order chi connectivity index (χ0) is 14.5. The number of carbonyl (C=O) groups is 2. The number of rotatable bonds is 4. The highest BCUT2D eigenvalue weighted by Crippen LogP contribution is 2.08. The van der Waals surface area contributed by atoms with E-state index >= 15 is 0 Å². The number of amides is 1. The summed E-state index contributed by atoms with van der Waals surface area (Å²) in [6.45, 7) is 5.22. The number of ether oxygens (including phenoxy) is 1. The van der Waals surface area contributed by atoms with E-state index in [4.69, 9.17) is 4.74 Å². The maximum atomic E-state index is 12.7. The molecule has 1 atom stereocenters. The number of benzene rings is 1. The number of hydrogen-bond donors (Lipinski definition) is 1. The van der Waals surface area contributed by atoms with E-state index in [0.29, 0.717) is 12.7 Å². The smallest absolute Gasteiger partial charge is 0.408 e. The van der Waals surface area contributed by atoms with Crippen LogP contribution >= 0.6 is 0 Å². The van der Waals surface area contributed by atoms with Gasteiger partial charge in [-0.3, -0.25) is 0 Å². The summed E-state index contributed by atoms with van der Waals surface area (Å²) < 4.78 is 17.8. The SMILES string of the molecule is CC(C)(C)OC(=O)N[C@@H](C=O)Cc1ccc(F)cc1. The average molecular weight is 267 g/mol. The summed E-state index contributed by atoms with van der Waals surface area (Å²) in [6, 6.07) is 5.07. The van der Waals surface area contributed by atoms with E-state index in [1.165, 1.54) is 12.1 Å². The molecule has 0 aromatic heterocycles. The first-order chi connectivity index (χ1) is 8.80. The Morgan fingerprint density at radius 1 is 1.37 bits per heavy atom. The Bertz CT molecular complexity index is 437. The van der Waals surface area contributed by atoms with Crippen molar-refractivity contribution in [2.24, 2.45) is 0 Å². The van der Waals surface area contributed by atoms with Crippen molar-refractivity contribution in [3.63, 3.8) is 0 Å². The van der Waals surface area contributed by atoms with Crippen molar-refractivity contribution in [1.29, 1.82) is 0 Å². The number of aldehydes is 1. The molecular weight excluding hydrogens is 249 g/mol. The van der Waals surface area contributed by atoms with E-state index in [1.54, 1.807) is 32.9 Å². The predicted octanol–water partition coefficient (Wildman–Crippen LogP) is 2.46. The average Bonchev–Trinajstić information content (AvgIpc) is 2.28. The van der Waals surface area contributed by atoms with Gasteiger partial charge in [0.2, 0.25) is 0 Å². The highest BCUT2D eigenvalue weighted by molar-refractivity contribution is 5.73. The molecule has 0 unspecified atom stereocenters. The normalized spacial score (nSPS) is 12.6. The molecule has 0 radical (unpaired) electrons. The van der Waals surface area contributed by atoms with E-state index in [1.807, 2.05) is 0 Å². The van der Waals surface area contributed by atoms with Crippen molar-refractivity contribution in [1.82, 2.24) is 5.32 Å². The van der Waals surface area contributed by atoms with Crippen molar-refractivity contribution < 1.29 is 18.7 Å². The molecular formula is C14H18FNO3. The van der Waals surface area contributed by atoms with Gasteiger partial charge in [-0.2, -0.15) is 0 Å². The van der Waals surface area contributed by atoms with Crippen LogP contribution in [0.3, 0.4) is 0 Å². The Morgan fingerprint density at radius 2 is 1.95 bits per heavy atom. The lowest BCUT2D eigenvalue weighted by molar-refractivity contribution is -0.109. The molecule has 19 heavy (non-hydrogen) atoms. The van der Waals surface area contributed by atoms with Gasteiger partial charge in [0.25, 0.3) is 0 Å². The molecule has 0 spiro atoms. The molecule has 0 saturated heterocycles. The first-order valence-corrected chi connectivity index (χ1v) is 5.99. The zero-order valence-electron chi connectivity index (χ0n) is 11.3. The third kappa shape index (κ3) is 5.99. The van der Waals surface area contributed by atoms with Crippen LogP contribution < -0.4 is 5.32 Å². The van der Waals surface area contributed by atoms with E-state index in [0.717, 1.165) is 5.56 Å². The third-order valence-electron chi connectivity index (χ3n) is 2.24. The summed E-state index contributed by atoms with van der Waals surface area (Å²) in [5.41, 5.74) is 0.141. The number of carbonyl (C=O) groups excluding carboxylic acids is 2. The molecule has 0 fully saturated rings. The Morgan fingerprint density at radius 3 is 2.42 bits per heavy atom. The first-order valence-electron chi connectivity index (χ1n) is 5.99. The summed E-state index contributed by atoms with van der Waals surface area (Å²) >= 11 is 0.